The predicted molar refractivity (Wildman–Crippen MR) is 180 cm³/mol. The van der Waals surface area contributed by atoms with Crippen LogP contribution in [0.25, 0.3) is 22.5 Å². The highest BCUT2D eigenvalue weighted by molar-refractivity contribution is 6.01. The molecule has 0 saturated carbocycles. The van der Waals surface area contributed by atoms with Crippen molar-refractivity contribution in [3.63, 3.8) is 0 Å². The van der Waals surface area contributed by atoms with E-state index < -0.39 is 5.54 Å². The molecule has 4 rings (SSSR count). The van der Waals surface area contributed by atoms with Gasteiger partial charge in [-0.05, 0) is 51.2 Å². The number of para-hydroxylation sites is 1. The van der Waals surface area contributed by atoms with Gasteiger partial charge in [0.15, 0.2) is 0 Å². The van der Waals surface area contributed by atoms with Crippen LogP contribution in [0, 0.1) is 5.41 Å². The summed E-state index contributed by atoms with van der Waals surface area (Å²) in [4.78, 5) is 28.2. The van der Waals surface area contributed by atoms with Gasteiger partial charge in [0, 0.05) is 37.1 Å². The monoisotopic (exact) mass is 633 g/mol. The van der Waals surface area contributed by atoms with E-state index in [1.165, 1.54) is 0 Å². The van der Waals surface area contributed by atoms with Crippen molar-refractivity contribution in [3.8, 4) is 22.5 Å². The standard InChI is InChI=1S/C36H51N5O5/c1-26(2)46-25-36(6,7)41-34-28-13-9-8-12-27(28)24-40(30-15-11-10-14-29(30)33(34)38-39-41)32(43)17-16-31(42)37-19-21-45-23-22-44-20-18-35(3,4)5/h8-15,26H,16-25H2,1-7H3,(H,37,42). The van der Waals surface area contributed by atoms with Crippen molar-refractivity contribution in [2.24, 2.45) is 5.41 Å². The van der Waals surface area contributed by atoms with Crippen molar-refractivity contribution in [2.75, 3.05) is 44.5 Å². The van der Waals surface area contributed by atoms with Crippen LogP contribution >= 0.6 is 0 Å². The Kier molecular flexibility index (Phi) is 12.1. The number of hydrogen-bond acceptors (Lipinski definition) is 7. The SMILES string of the molecule is CC(C)OCC(C)(C)n1nnc2c1-c1ccccc1CN(C(=O)CCC(=O)NCCOCCOCCC(C)(C)C)c1ccccc1-2. The first-order valence-electron chi connectivity index (χ1n) is 16.4. The van der Waals surface area contributed by atoms with Crippen LogP contribution in [0.3, 0.4) is 0 Å². The number of hydrogen-bond donors (Lipinski definition) is 1. The van der Waals surface area contributed by atoms with Gasteiger partial charge in [0.25, 0.3) is 0 Å². The number of amides is 2. The molecule has 0 saturated heterocycles. The molecule has 0 aliphatic carbocycles. The minimum Gasteiger partial charge on any atom is -0.379 e. The number of anilines is 1. The fourth-order valence-electron chi connectivity index (χ4n) is 5.24. The Morgan fingerprint density at radius 3 is 2.28 bits per heavy atom. The Morgan fingerprint density at radius 2 is 1.57 bits per heavy atom. The van der Waals surface area contributed by atoms with Crippen molar-refractivity contribution in [3.05, 3.63) is 54.1 Å². The summed E-state index contributed by atoms with van der Waals surface area (Å²) in [7, 11) is 0. The Labute approximate surface area is 273 Å². The highest BCUT2D eigenvalue weighted by Gasteiger charge is 2.33. The Hall–Kier alpha value is -3.60. The average molecular weight is 634 g/mol. The molecule has 0 spiro atoms. The van der Waals surface area contributed by atoms with Crippen LogP contribution < -0.4 is 10.2 Å². The van der Waals surface area contributed by atoms with Crippen LogP contribution in [-0.2, 0) is 35.9 Å². The van der Waals surface area contributed by atoms with E-state index in [2.05, 4.69) is 56.3 Å². The van der Waals surface area contributed by atoms with Gasteiger partial charge < -0.3 is 24.4 Å². The summed E-state index contributed by atoms with van der Waals surface area (Å²) >= 11 is 0. The second-order valence-corrected chi connectivity index (χ2v) is 13.9. The molecule has 10 heteroatoms. The van der Waals surface area contributed by atoms with Crippen LogP contribution in [0.4, 0.5) is 5.69 Å². The quantitative estimate of drug-likeness (QED) is 0.205. The zero-order chi connectivity index (χ0) is 33.3. The van der Waals surface area contributed by atoms with Crippen LogP contribution in [-0.4, -0.2) is 72.5 Å². The maximum atomic E-state index is 13.8. The summed E-state index contributed by atoms with van der Waals surface area (Å²) in [6.45, 7) is 18.1. The largest absolute Gasteiger partial charge is 0.379 e. The first kappa shape index (κ1) is 35.3. The molecular formula is C36H51N5O5. The van der Waals surface area contributed by atoms with Gasteiger partial charge in [0.2, 0.25) is 11.8 Å². The van der Waals surface area contributed by atoms with Crippen LogP contribution in [0.15, 0.2) is 48.5 Å². The summed E-state index contributed by atoms with van der Waals surface area (Å²) in [6.07, 6.45) is 1.23. The van der Waals surface area contributed by atoms with Crippen molar-refractivity contribution < 1.29 is 23.8 Å². The molecule has 0 fully saturated rings. The molecule has 0 atom stereocenters. The number of fused-ring (bicyclic) bond motifs is 5. The van der Waals surface area contributed by atoms with Gasteiger partial charge in [0.05, 0.1) is 56.0 Å². The summed E-state index contributed by atoms with van der Waals surface area (Å²) in [6, 6.07) is 15.8. The molecule has 0 radical (unpaired) electrons. The van der Waals surface area contributed by atoms with Gasteiger partial charge >= 0.3 is 0 Å². The third kappa shape index (κ3) is 9.47. The number of ether oxygens (including phenoxy) is 3. The lowest BCUT2D eigenvalue weighted by atomic mass is 9.93. The molecule has 1 N–H and O–H groups in total. The number of rotatable bonds is 15. The molecule has 0 bridgehead atoms. The fraction of sp³-hybridized carbons (Fsp3) is 0.556. The molecule has 1 aliphatic heterocycles. The molecule has 2 heterocycles. The lowest BCUT2D eigenvalue weighted by molar-refractivity contribution is -0.125. The molecule has 1 aromatic heterocycles. The van der Waals surface area contributed by atoms with Gasteiger partial charge in [-0.1, -0.05) is 68.4 Å². The Balaban J connectivity index is 1.42. The van der Waals surface area contributed by atoms with Crippen LogP contribution in [0.5, 0.6) is 0 Å². The molecule has 250 valence electrons. The van der Waals surface area contributed by atoms with Crippen LogP contribution in [0.2, 0.25) is 0 Å². The van der Waals surface area contributed by atoms with Gasteiger partial charge in [-0.2, -0.15) is 0 Å². The zero-order valence-electron chi connectivity index (χ0n) is 28.6. The van der Waals surface area contributed by atoms with Crippen LogP contribution in [0.1, 0.15) is 73.3 Å². The van der Waals surface area contributed by atoms with Crippen molar-refractivity contribution in [1.82, 2.24) is 20.3 Å². The first-order chi connectivity index (χ1) is 21.9. The number of carbonyl (C=O) groups excluding carboxylic acids is 2. The van der Waals surface area contributed by atoms with E-state index in [4.69, 9.17) is 14.2 Å². The minimum atomic E-state index is -0.472. The third-order valence-corrected chi connectivity index (χ3v) is 7.87. The molecular weight excluding hydrogens is 582 g/mol. The van der Waals surface area contributed by atoms with Gasteiger partial charge in [0.1, 0.15) is 5.69 Å². The summed E-state index contributed by atoms with van der Waals surface area (Å²) in [5.74, 6) is -0.322. The first-order valence-corrected chi connectivity index (χ1v) is 16.4. The van der Waals surface area contributed by atoms with Gasteiger partial charge in [-0.25, -0.2) is 4.68 Å². The second kappa shape index (κ2) is 15.8. The lowest BCUT2D eigenvalue weighted by Gasteiger charge is -2.31. The number of aromatic nitrogens is 3. The molecule has 2 aromatic carbocycles. The summed E-state index contributed by atoms with van der Waals surface area (Å²) in [5, 5.41) is 12.2. The third-order valence-electron chi connectivity index (χ3n) is 7.87. The van der Waals surface area contributed by atoms with Gasteiger partial charge in [-0.15, -0.1) is 5.10 Å². The van der Waals surface area contributed by atoms with E-state index in [0.717, 1.165) is 34.5 Å². The summed E-state index contributed by atoms with van der Waals surface area (Å²) in [5.41, 5.74) is 4.87. The molecule has 3 aromatic rings. The second-order valence-electron chi connectivity index (χ2n) is 13.9. The Bertz CT molecular complexity index is 1460. The number of nitrogens with one attached hydrogen (secondary N) is 1. The molecule has 0 unspecified atom stereocenters. The van der Waals surface area contributed by atoms with Crippen molar-refractivity contribution in [1.29, 1.82) is 0 Å². The maximum absolute atomic E-state index is 13.8. The molecule has 10 nitrogen and oxygen atoms in total. The predicted octanol–water partition coefficient (Wildman–Crippen LogP) is 5.98. The highest BCUT2D eigenvalue weighted by Crippen LogP contribution is 2.42. The van der Waals surface area contributed by atoms with Crippen molar-refractivity contribution in [2.45, 2.75) is 85.9 Å². The van der Waals surface area contributed by atoms with Gasteiger partial charge in [-0.3, -0.25) is 9.59 Å². The number of benzene rings is 2. The van der Waals surface area contributed by atoms with E-state index in [1.807, 2.05) is 61.0 Å². The van der Waals surface area contributed by atoms with Crippen molar-refractivity contribution >= 4 is 17.5 Å². The molecule has 46 heavy (non-hydrogen) atoms. The lowest BCUT2D eigenvalue weighted by Crippen LogP contribution is -2.35. The van der Waals surface area contributed by atoms with E-state index in [-0.39, 0.29) is 36.2 Å². The minimum absolute atomic E-state index is 0.0733. The summed E-state index contributed by atoms with van der Waals surface area (Å²) < 4.78 is 19.1. The van der Waals surface area contributed by atoms with E-state index in [1.54, 1.807) is 4.90 Å². The topological polar surface area (TPSA) is 108 Å². The number of carbonyl (C=O) groups is 2. The average Bonchev–Trinajstić information content (AvgIpc) is 3.45. The highest BCUT2D eigenvalue weighted by atomic mass is 16.5. The van der Waals surface area contributed by atoms with E-state index in [0.29, 0.717) is 51.8 Å². The van der Waals surface area contributed by atoms with E-state index in [9.17, 15) is 9.59 Å². The molecule has 2 amide bonds. The molecule has 1 aliphatic rings. The Morgan fingerprint density at radius 1 is 0.891 bits per heavy atom. The fourth-order valence-corrected chi connectivity index (χ4v) is 5.24. The smallest absolute Gasteiger partial charge is 0.227 e. The maximum Gasteiger partial charge on any atom is 0.227 e. The van der Waals surface area contributed by atoms with E-state index >= 15 is 0 Å². The normalized spacial score (nSPS) is 13.1. The zero-order valence-corrected chi connectivity index (χ0v) is 28.6. The number of nitrogens with zero attached hydrogens (tertiary/aromatic N) is 4.